The molecule has 0 N–H and O–H groups in total. The predicted octanol–water partition coefficient (Wildman–Crippen LogP) is 2.73. The molecular weight excluding hydrogens is 250 g/mol. The van der Waals surface area contributed by atoms with Crippen molar-refractivity contribution in [3.05, 3.63) is 47.3 Å². The molecule has 0 aliphatic carbocycles. The van der Waals surface area contributed by atoms with Crippen molar-refractivity contribution >= 4 is 5.91 Å². The quantitative estimate of drug-likeness (QED) is 0.840. The number of nitrogens with zero attached hydrogens (tertiary/aromatic N) is 3. The van der Waals surface area contributed by atoms with Gasteiger partial charge < -0.3 is 4.90 Å². The van der Waals surface area contributed by atoms with E-state index in [-0.39, 0.29) is 5.91 Å². The maximum atomic E-state index is 12.3. The standard InChI is InChI=1S/C16H19N3O/c1-12-5-7-14(8-6-12)19-13(2)11-15(17-19)16(20)18-9-3-4-10-18/h5-8,11H,3-4,9-10H2,1-2H3. The molecule has 3 rings (SSSR count). The molecule has 20 heavy (non-hydrogen) atoms. The highest BCUT2D eigenvalue weighted by Crippen LogP contribution is 2.16. The van der Waals surface area contributed by atoms with Gasteiger partial charge in [-0.1, -0.05) is 17.7 Å². The number of carbonyl (C=O) groups excluding carboxylic acids is 1. The Hall–Kier alpha value is -2.10. The Labute approximate surface area is 119 Å². The molecule has 1 aliphatic heterocycles. The fraction of sp³-hybridized carbons (Fsp3) is 0.375. The fourth-order valence-corrected chi connectivity index (χ4v) is 2.61. The van der Waals surface area contributed by atoms with Crippen LogP contribution in [-0.2, 0) is 0 Å². The number of likely N-dealkylation sites (tertiary alicyclic amines) is 1. The molecule has 0 atom stereocenters. The SMILES string of the molecule is Cc1ccc(-n2nc(C(=O)N3CCCC3)cc2C)cc1. The first-order chi connectivity index (χ1) is 9.65. The van der Waals surface area contributed by atoms with E-state index < -0.39 is 0 Å². The fourth-order valence-electron chi connectivity index (χ4n) is 2.61. The molecule has 1 saturated heterocycles. The number of hydrogen-bond donors (Lipinski definition) is 0. The first-order valence-electron chi connectivity index (χ1n) is 7.08. The molecule has 1 aromatic heterocycles. The Morgan fingerprint density at radius 3 is 2.40 bits per heavy atom. The Kier molecular flexibility index (Phi) is 3.30. The van der Waals surface area contributed by atoms with Crippen molar-refractivity contribution < 1.29 is 4.79 Å². The molecule has 1 aliphatic rings. The van der Waals surface area contributed by atoms with E-state index >= 15 is 0 Å². The lowest BCUT2D eigenvalue weighted by atomic mass is 10.2. The van der Waals surface area contributed by atoms with Crippen LogP contribution in [0.1, 0.15) is 34.6 Å². The average molecular weight is 269 g/mol. The third kappa shape index (κ3) is 2.33. The lowest BCUT2D eigenvalue weighted by molar-refractivity contribution is 0.0786. The van der Waals surface area contributed by atoms with Crippen LogP contribution in [-0.4, -0.2) is 33.7 Å². The van der Waals surface area contributed by atoms with Crippen LogP contribution in [0.25, 0.3) is 5.69 Å². The van der Waals surface area contributed by atoms with Crippen molar-refractivity contribution in [2.75, 3.05) is 13.1 Å². The maximum absolute atomic E-state index is 12.3. The molecule has 4 nitrogen and oxygen atoms in total. The molecule has 0 unspecified atom stereocenters. The van der Waals surface area contributed by atoms with Gasteiger partial charge in [0.15, 0.2) is 5.69 Å². The van der Waals surface area contributed by atoms with Crippen LogP contribution in [0.15, 0.2) is 30.3 Å². The molecule has 0 spiro atoms. The van der Waals surface area contributed by atoms with E-state index in [1.54, 1.807) is 0 Å². The Morgan fingerprint density at radius 2 is 1.75 bits per heavy atom. The van der Waals surface area contributed by atoms with E-state index in [0.717, 1.165) is 37.3 Å². The molecule has 2 aromatic rings. The minimum atomic E-state index is 0.0523. The first kappa shape index (κ1) is 12.9. The average Bonchev–Trinajstić information content (AvgIpc) is 3.08. The Morgan fingerprint density at radius 1 is 1.10 bits per heavy atom. The molecule has 1 amide bonds. The van der Waals surface area contributed by atoms with Crippen LogP contribution in [0.2, 0.25) is 0 Å². The van der Waals surface area contributed by atoms with Gasteiger partial charge in [0.2, 0.25) is 0 Å². The first-order valence-corrected chi connectivity index (χ1v) is 7.08. The minimum absolute atomic E-state index is 0.0523. The summed E-state index contributed by atoms with van der Waals surface area (Å²) in [7, 11) is 0. The van der Waals surface area contributed by atoms with Gasteiger partial charge in [-0.2, -0.15) is 5.10 Å². The minimum Gasteiger partial charge on any atom is -0.337 e. The van der Waals surface area contributed by atoms with E-state index in [9.17, 15) is 4.79 Å². The molecule has 0 radical (unpaired) electrons. The lowest BCUT2D eigenvalue weighted by Crippen LogP contribution is -2.28. The normalized spacial score (nSPS) is 14.8. The second kappa shape index (κ2) is 5.12. The van der Waals surface area contributed by atoms with Crippen LogP contribution in [0.4, 0.5) is 0 Å². The molecule has 1 aromatic carbocycles. The van der Waals surface area contributed by atoms with Gasteiger partial charge in [-0.05, 0) is 44.9 Å². The summed E-state index contributed by atoms with van der Waals surface area (Å²) in [6.07, 6.45) is 2.20. The molecule has 0 saturated carbocycles. The molecular formula is C16H19N3O. The highest BCUT2D eigenvalue weighted by Gasteiger charge is 2.22. The van der Waals surface area contributed by atoms with Crippen molar-refractivity contribution in [3.8, 4) is 5.69 Å². The topological polar surface area (TPSA) is 38.1 Å². The van der Waals surface area contributed by atoms with Crippen molar-refractivity contribution in [1.29, 1.82) is 0 Å². The number of benzene rings is 1. The van der Waals surface area contributed by atoms with Gasteiger partial charge in [-0.3, -0.25) is 4.79 Å². The largest absolute Gasteiger partial charge is 0.337 e. The zero-order valence-corrected chi connectivity index (χ0v) is 12.0. The van der Waals surface area contributed by atoms with Gasteiger partial charge in [0.1, 0.15) is 0 Å². The number of carbonyl (C=O) groups is 1. The second-order valence-corrected chi connectivity index (χ2v) is 5.42. The summed E-state index contributed by atoms with van der Waals surface area (Å²) < 4.78 is 1.84. The van der Waals surface area contributed by atoms with Crippen LogP contribution in [0.5, 0.6) is 0 Å². The molecule has 0 bridgehead atoms. The zero-order chi connectivity index (χ0) is 14.1. The summed E-state index contributed by atoms with van der Waals surface area (Å²) in [5, 5.41) is 4.48. The molecule has 104 valence electrons. The smallest absolute Gasteiger partial charge is 0.274 e. The van der Waals surface area contributed by atoms with Gasteiger partial charge in [0.25, 0.3) is 5.91 Å². The summed E-state index contributed by atoms with van der Waals surface area (Å²) in [5.74, 6) is 0.0523. The number of amides is 1. The predicted molar refractivity (Wildman–Crippen MR) is 78.2 cm³/mol. The van der Waals surface area contributed by atoms with E-state index in [1.165, 1.54) is 5.56 Å². The summed E-state index contributed by atoms with van der Waals surface area (Å²) in [6, 6.07) is 10.0. The number of rotatable bonds is 2. The van der Waals surface area contributed by atoms with Gasteiger partial charge in [-0.15, -0.1) is 0 Å². The van der Waals surface area contributed by atoms with E-state index in [4.69, 9.17) is 0 Å². The van der Waals surface area contributed by atoms with E-state index in [1.807, 2.05) is 34.7 Å². The summed E-state index contributed by atoms with van der Waals surface area (Å²) in [5.41, 5.74) is 3.74. The number of hydrogen-bond acceptors (Lipinski definition) is 2. The van der Waals surface area contributed by atoms with Crippen molar-refractivity contribution in [2.24, 2.45) is 0 Å². The number of aromatic nitrogens is 2. The van der Waals surface area contributed by atoms with Gasteiger partial charge in [-0.25, -0.2) is 4.68 Å². The van der Waals surface area contributed by atoms with E-state index in [2.05, 4.69) is 24.2 Å². The molecule has 2 heterocycles. The maximum Gasteiger partial charge on any atom is 0.274 e. The van der Waals surface area contributed by atoms with Gasteiger partial charge >= 0.3 is 0 Å². The van der Waals surface area contributed by atoms with Gasteiger partial charge in [0.05, 0.1) is 5.69 Å². The third-order valence-electron chi connectivity index (χ3n) is 3.78. The van der Waals surface area contributed by atoms with Crippen molar-refractivity contribution in [2.45, 2.75) is 26.7 Å². The van der Waals surface area contributed by atoms with Crippen LogP contribution in [0, 0.1) is 13.8 Å². The van der Waals surface area contributed by atoms with Crippen molar-refractivity contribution in [3.63, 3.8) is 0 Å². The van der Waals surface area contributed by atoms with Crippen LogP contribution >= 0.6 is 0 Å². The highest BCUT2D eigenvalue weighted by atomic mass is 16.2. The number of aryl methyl sites for hydroxylation is 2. The summed E-state index contributed by atoms with van der Waals surface area (Å²) in [6.45, 7) is 5.75. The highest BCUT2D eigenvalue weighted by molar-refractivity contribution is 5.92. The van der Waals surface area contributed by atoms with Crippen LogP contribution < -0.4 is 0 Å². The van der Waals surface area contributed by atoms with Gasteiger partial charge in [0, 0.05) is 18.8 Å². The monoisotopic (exact) mass is 269 g/mol. The zero-order valence-electron chi connectivity index (χ0n) is 12.0. The lowest BCUT2D eigenvalue weighted by Gasteiger charge is -2.12. The van der Waals surface area contributed by atoms with Crippen LogP contribution in [0.3, 0.4) is 0 Å². The second-order valence-electron chi connectivity index (χ2n) is 5.42. The molecule has 1 fully saturated rings. The third-order valence-corrected chi connectivity index (χ3v) is 3.78. The summed E-state index contributed by atoms with van der Waals surface area (Å²) in [4.78, 5) is 14.2. The summed E-state index contributed by atoms with van der Waals surface area (Å²) >= 11 is 0. The Balaban J connectivity index is 1.90. The molecule has 4 heteroatoms. The van der Waals surface area contributed by atoms with Crippen molar-refractivity contribution in [1.82, 2.24) is 14.7 Å². The Bertz CT molecular complexity index is 622. The van der Waals surface area contributed by atoms with E-state index in [0.29, 0.717) is 5.69 Å².